The molecule has 0 aliphatic heterocycles. The first-order valence-corrected chi connectivity index (χ1v) is 6.43. The van der Waals surface area contributed by atoms with E-state index in [1.165, 1.54) is 11.1 Å². The van der Waals surface area contributed by atoms with Gasteiger partial charge in [0.1, 0.15) is 6.54 Å². The minimum absolute atomic E-state index is 0.0386. The second-order valence-electron chi connectivity index (χ2n) is 4.72. The predicted molar refractivity (Wildman–Crippen MR) is 75.5 cm³/mol. The number of rotatable bonds is 4. The van der Waals surface area contributed by atoms with Gasteiger partial charge in [-0.2, -0.15) is 0 Å². The molecule has 0 atom stereocenters. The summed E-state index contributed by atoms with van der Waals surface area (Å²) in [6.45, 7) is -0.454. The minimum atomic E-state index is -1.09. The van der Waals surface area contributed by atoms with Crippen LogP contribution in [0.1, 0.15) is 17.5 Å². The zero-order chi connectivity index (χ0) is 14.5. The Balaban J connectivity index is 2.06. The third-order valence-electron chi connectivity index (χ3n) is 3.25. The van der Waals surface area contributed by atoms with Crippen molar-refractivity contribution in [3.05, 3.63) is 29.3 Å². The number of amides is 2. The first-order valence-electron chi connectivity index (χ1n) is 6.43. The molecule has 0 saturated heterocycles. The average molecular weight is 272 g/mol. The van der Waals surface area contributed by atoms with E-state index in [1.807, 2.05) is 18.2 Å². The molecule has 20 heavy (non-hydrogen) atoms. The van der Waals surface area contributed by atoms with Gasteiger partial charge in [0.2, 0.25) is 0 Å². The highest BCUT2D eigenvalue weighted by atomic mass is 16.4. The van der Waals surface area contributed by atoms with E-state index in [1.54, 1.807) is 0 Å². The summed E-state index contributed by atoms with van der Waals surface area (Å²) in [5.41, 5.74) is 3.22. The highest BCUT2D eigenvalue weighted by Gasteiger charge is 2.17. The molecule has 0 spiro atoms. The highest BCUT2D eigenvalue weighted by molar-refractivity contribution is 5.91. The molecule has 0 unspecified atom stereocenters. The zero-order valence-electron chi connectivity index (χ0n) is 11.1. The van der Waals surface area contributed by atoms with Crippen molar-refractivity contribution in [1.29, 1.82) is 0 Å². The largest absolute Gasteiger partial charge is 0.480 e. The zero-order valence-corrected chi connectivity index (χ0v) is 11.1. The summed E-state index contributed by atoms with van der Waals surface area (Å²) in [4.78, 5) is 23.8. The van der Waals surface area contributed by atoms with Crippen LogP contribution in [-0.2, 0) is 17.6 Å². The van der Waals surface area contributed by atoms with Gasteiger partial charge in [0.25, 0.3) is 0 Å². The molecule has 0 radical (unpaired) electrons. The van der Waals surface area contributed by atoms with Gasteiger partial charge >= 0.3 is 12.0 Å². The Bertz CT molecular complexity index is 575. The quantitative estimate of drug-likeness (QED) is 0.820. The molecule has 1 aromatic rings. The van der Waals surface area contributed by atoms with E-state index in [0.29, 0.717) is 5.69 Å². The van der Waals surface area contributed by atoms with Crippen LogP contribution in [0.3, 0.4) is 0 Å². The van der Waals surface area contributed by atoms with Crippen LogP contribution in [0.25, 0.3) is 0 Å². The van der Waals surface area contributed by atoms with Gasteiger partial charge in [0.05, 0.1) is 6.54 Å². The number of hydrogen-bond donors (Lipinski definition) is 2. The maximum absolute atomic E-state index is 12.0. The molecule has 1 aliphatic rings. The molecular formula is C15H16N2O3. The number of fused-ring (bicyclic) bond motifs is 1. The van der Waals surface area contributed by atoms with Crippen molar-refractivity contribution in [1.82, 2.24) is 4.90 Å². The molecule has 2 rings (SSSR count). The molecule has 2 N–H and O–H groups in total. The molecular weight excluding hydrogens is 256 g/mol. The fraction of sp³-hybridized carbons (Fsp3) is 0.333. The number of carboxylic acids is 1. The van der Waals surface area contributed by atoms with Crippen molar-refractivity contribution < 1.29 is 14.7 Å². The van der Waals surface area contributed by atoms with Gasteiger partial charge in [-0.25, -0.2) is 4.79 Å². The van der Waals surface area contributed by atoms with Crippen LogP contribution in [0.2, 0.25) is 0 Å². The second kappa shape index (κ2) is 6.11. The summed E-state index contributed by atoms with van der Waals surface area (Å²) < 4.78 is 0. The molecule has 0 heterocycles. The Kier molecular flexibility index (Phi) is 4.26. The number of terminal acetylenes is 1. The van der Waals surface area contributed by atoms with E-state index in [2.05, 4.69) is 11.2 Å². The van der Waals surface area contributed by atoms with Crippen molar-refractivity contribution in [3.63, 3.8) is 0 Å². The summed E-state index contributed by atoms with van der Waals surface area (Å²) in [5, 5.41) is 11.5. The third-order valence-corrected chi connectivity index (χ3v) is 3.25. The molecule has 104 valence electrons. The van der Waals surface area contributed by atoms with Gasteiger partial charge in [0.15, 0.2) is 0 Å². The van der Waals surface area contributed by atoms with Crippen LogP contribution >= 0.6 is 0 Å². The standard InChI is InChI=1S/C15H16N2O3/c1-2-8-17(10-14(18)19)15(20)16-13-7-6-11-4-3-5-12(11)9-13/h1,6-7,9H,3-5,8,10H2,(H,16,20)(H,18,19). The van der Waals surface area contributed by atoms with E-state index < -0.39 is 18.5 Å². The molecule has 0 saturated carbocycles. The number of urea groups is 1. The van der Waals surface area contributed by atoms with Crippen LogP contribution in [0.4, 0.5) is 10.5 Å². The summed E-state index contributed by atoms with van der Waals surface area (Å²) in [7, 11) is 0. The van der Waals surface area contributed by atoms with Gasteiger partial charge in [0, 0.05) is 5.69 Å². The summed E-state index contributed by atoms with van der Waals surface area (Å²) in [6.07, 6.45) is 8.37. The summed E-state index contributed by atoms with van der Waals surface area (Å²) in [5.74, 6) is 1.19. The van der Waals surface area contributed by atoms with E-state index in [0.717, 1.165) is 24.2 Å². The van der Waals surface area contributed by atoms with Crippen LogP contribution in [-0.4, -0.2) is 35.1 Å². The molecule has 1 aliphatic carbocycles. The highest BCUT2D eigenvalue weighted by Crippen LogP contribution is 2.24. The third kappa shape index (κ3) is 3.29. The Morgan fingerprint density at radius 3 is 2.80 bits per heavy atom. The fourth-order valence-corrected chi connectivity index (χ4v) is 2.33. The van der Waals surface area contributed by atoms with Crippen molar-refractivity contribution in [2.75, 3.05) is 18.4 Å². The van der Waals surface area contributed by atoms with Crippen LogP contribution in [0.5, 0.6) is 0 Å². The lowest BCUT2D eigenvalue weighted by atomic mass is 10.1. The van der Waals surface area contributed by atoms with Crippen molar-refractivity contribution >= 4 is 17.7 Å². The number of anilines is 1. The van der Waals surface area contributed by atoms with Crippen molar-refractivity contribution in [2.24, 2.45) is 0 Å². The Hall–Kier alpha value is -2.48. The summed E-state index contributed by atoms with van der Waals surface area (Å²) in [6, 6.07) is 5.27. The van der Waals surface area contributed by atoms with Crippen LogP contribution < -0.4 is 5.32 Å². The first kappa shape index (κ1) is 13.9. The molecule has 0 aromatic heterocycles. The predicted octanol–water partition coefficient (Wildman–Crippen LogP) is 1.73. The number of carboxylic acid groups (broad SMARTS) is 1. The van der Waals surface area contributed by atoms with Crippen molar-refractivity contribution in [2.45, 2.75) is 19.3 Å². The maximum Gasteiger partial charge on any atom is 0.323 e. The lowest BCUT2D eigenvalue weighted by Crippen LogP contribution is -2.39. The molecule has 0 fully saturated rings. The number of carbonyl (C=O) groups is 2. The van der Waals surface area contributed by atoms with Crippen LogP contribution in [0.15, 0.2) is 18.2 Å². The van der Waals surface area contributed by atoms with E-state index >= 15 is 0 Å². The Morgan fingerprint density at radius 1 is 1.35 bits per heavy atom. The number of aliphatic carboxylic acids is 1. The van der Waals surface area contributed by atoms with E-state index in [-0.39, 0.29) is 6.54 Å². The smallest absolute Gasteiger partial charge is 0.323 e. The molecule has 5 nitrogen and oxygen atoms in total. The van der Waals surface area contributed by atoms with Gasteiger partial charge in [-0.3, -0.25) is 4.79 Å². The SMILES string of the molecule is C#CCN(CC(=O)O)C(=O)Nc1ccc2c(c1)CCC2. The monoisotopic (exact) mass is 272 g/mol. The number of aryl methyl sites for hydroxylation is 2. The minimum Gasteiger partial charge on any atom is -0.480 e. The number of nitrogens with one attached hydrogen (secondary N) is 1. The first-order chi connectivity index (χ1) is 9.60. The van der Waals surface area contributed by atoms with E-state index in [4.69, 9.17) is 11.5 Å². The lowest BCUT2D eigenvalue weighted by Gasteiger charge is -2.18. The number of carbonyl (C=O) groups excluding carboxylic acids is 1. The number of benzene rings is 1. The van der Waals surface area contributed by atoms with Gasteiger partial charge < -0.3 is 15.3 Å². The topological polar surface area (TPSA) is 69.6 Å². The van der Waals surface area contributed by atoms with E-state index in [9.17, 15) is 9.59 Å². The van der Waals surface area contributed by atoms with Gasteiger partial charge in [-0.1, -0.05) is 12.0 Å². The Labute approximate surface area is 117 Å². The van der Waals surface area contributed by atoms with Crippen LogP contribution in [0, 0.1) is 12.3 Å². The Morgan fingerprint density at radius 2 is 2.10 bits per heavy atom. The van der Waals surface area contributed by atoms with Crippen molar-refractivity contribution in [3.8, 4) is 12.3 Å². The fourth-order valence-electron chi connectivity index (χ4n) is 2.33. The number of nitrogens with zero attached hydrogens (tertiary/aromatic N) is 1. The van der Waals surface area contributed by atoms with Gasteiger partial charge in [-0.15, -0.1) is 6.42 Å². The number of hydrogen-bond acceptors (Lipinski definition) is 2. The lowest BCUT2D eigenvalue weighted by molar-refractivity contribution is -0.137. The maximum atomic E-state index is 12.0. The average Bonchev–Trinajstić information content (AvgIpc) is 2.85. The molecule has 2 amide bonds. The second-order valence-corrected chi connectivity index (χ2v) is 4.72. The summed E-state index contributed by atoms with van der Waals surface area (Å²) >= 11 is 0. The molecule has 1 aromatic carbocycles. The molecule has 0 bridgehead atoms. The normalized spacial score (nSPS) is 12.3. The van der Waals surface area contributed by atoms with Gasteiger partial charge in [-0.05, 0) is 42.5 Å². The molecule has 5 heteroatoms.